The Morgan fingerprint density at radius 1 is 1.39 bits per heavy atom. The summed E-state index contributed by atoms with van der Waals surface area (Å²) in [4.78, 5) is 13.8. The molecule has 0 aliphatic rings. The van der Waals surface area contributed by atoms with E-state index in [1.807, 2.05) is 0 Å². The molecule has 0 radical (unpaired) electrons. The Balaban J connectivity index is 2.42. The summed E-state index contributed by atoms with van der Waals surface area (Å²) in [6, 6.07) is 6.24. The number of nitrogens with zero attached hydrogens (tertiary/aromatic N) is 2. The zero-order chi connectivity index (χ0) is 13.1. The van der Waals surface area contributed by atoms with Gasteiger partial charge in [0.25, 0.3) is 0 Å². The maximum absolute atomic E-state index is 13.5. The van der Waals surface area contributed by atoms with Crippen LogP contribution < -0.4 is 10.5 Å². The van der Waals surface area contributed by atoms with Crippen molar-refractivity contribution in [3.63, 3.8) is 0 Å². The van der Waals surface area contributed by atoms with Crippen molar-refractivity contribution in [1.29, 1.82) is 0 Å². The van der Waals surface area contributed by atoms with E-state index in [1.165, 1.54) is 24.4 Å². The van der Waals surface area contributed by atoms with Gasteiger partial charge in [0.15, 0.2) is 5.82 Å². The zero-order valence-electron chi connectivity index (χ0n) is 9.04. The molecule has 0 aliphatic heterocycles. The number of rotatable bonds is 3. The van der Waals surface area contributed by atoms with Gasteiger partial charge in [0.2, 0.25) is 5.75 Å². The lowest BCUT2D eigenvalue weighted by molar-refractivity contribution is -0.385. The monoisotopic (exact) mass is 249 g/mol. The SMILES string of the molecule is Nc1cc(Oc2c(F)cccc2[N+](=O)[O-])ccn1. The average molecular weight is 249 g/mol. The highest BCUT2D eigenvalue weighted by atomic mass is 19.1. The molecule has 92 valence electrons. The minimum absolute atomic E-state index is 0.173. The molecule has 0 fully saturated rings. The molecule has 6 nitrogen and oxygen atoms in total. The molecule has 0 amide bonds. The number of aromatic nitrogens is 1. The lowest BCUT2D eigenvalue weighted by atomic mass is 10.3. The van der Waals surface area contributed by atoms with E-state index in [-0.39, 0.29) is 11.6 Å². The largest absolute Gasteiger partial charge is 0.447 e. The Labute approximate surface area is 101 Å². The standard InChI is InChI=1S/C11H8FN3O3/c12-8-2-1-3-9(15(16)17)11(8)18-7-4-5-14-10(13)6-7/h1-6H,(H2,13,14). The van der Waals surface area contributed by atoms with Crippen LogP contribution in [0.25, 0.3) is 0 Å². The second-order valence-corrected chi connectivity index (χ2v) is 3.36. The van der Waals surface area contributed by atoms with Crippen LogP contribution in [0.1, 0.15) is 0 Å². The molecule has 2 aromatic rings. The summed E-state index contributed by atoms with van der Waals surface area (Å²) in [6.45, 7) is 0. The van der Waals surface area contributed by atoms with E-state index in [0.29, 0.717) is 0 Å². The second-order valence-electron chi connectivity index (χ2n) is 3.36. The number of halogens is 1. The number of hydrogen-bond acceptors (Lipinski definition) is 5. The average Bonchev–Trinajstić information content (AvgIpc) is 2.31. The van der Waals surface area contributed by atoms with Crippen LogP contribution in [-0.4, -0.2) is 9.91 Å². The molecule has 0 saturated heterocycles. The van der Waals surface area contributed by atoms with Gasteiger partial charge in [0.05, 0.1) is 4.92 Å². The van der Waals surface area contributed by atoms with Gasteiger partial charge in [0.1, 0.15) is 11.6 Å². The second kappa shape index (κ2) is 4.66. The summed E-state index contributed by atoms with van der Waals surface area (Å²) in [5.41, 5.74) is 4.98. The van der Waals surface area contributed by atoms with Crippen molar-refractivity contribution in [3.05, 3.63) is 52.5 Å². The number of anilines is 1. The van der Waals surface area contributed by atoms with Gasteiger partial charge in [-0.15, -0.1) is 0 Å². The number of para-hydroxylation sites is 1. The fourth-order valence-electron chi connectivity index (χ4n) is 1.35. The number of nitrogen functional groups attached to an aromatic ring is 1. The quantitative estimate of drug-likeness (QED) is 0.666. The predicted octanol–water partition coefficient (Wildman–Crippen LogP) is 2.50. The van der Waals surface area contributed by atoms with Gasteiger partial charge in [-0.25, -0.2) is 9.37 Å². The summed E-state index contributed by atoms with van der Waals surface area (Å²) < 4.78 is 18.7. The number of pyridine rings is 1. The molecule has 0 spiro atoms. The van der Waals surface area contributed by atoms with Gasteiger partial charge in [-0.2, -0.15) is 0 Å². The molecule has 1 heterocycles. The molecule has 2 N–H and O–H groups in total. The minimum Gasteiger partial charge on any atom is -0.447 e. The molecule has 2 rings (SSSR count). The third kappa shape index (κ3) is 2.34. The topological polar surface area (TPSA) is 91.3 Å². The van der Waals surface area contributed by atoms with Gasteiger partial charge >= 0.3 is 5.69 Å². The molecule has 0 bridgehead atoms. The van der Waals surface area contributed by atoms with Crippen molar-refractivity contribution < 1.29 is 14.1 Å². The predicted molar refractivity (Wildman–Crippen MR) is 61.8 cm³/mol. The van der Waals surface area contributed by atoms with Crippen LogP contribution >= 0.6 is 0 Å². The summed E-state index contributed by atoms with van der Waals surface area (Å²) in [5, 5.41) is 10.8. The van der Waals surface area contributed by atoms with E-state index in [9.17, 15) is 14.5 Å². The number of ether oxygens (including phenoxy) is 1. The lowest BCUT2D eigenvalue weighted by Gasteiger charge is -2.07. The Morgan fingerprint density at radius 3 is 2.83 bits per heavy atom. The van der Waals surface area contributed by atoms with Crippen molar-refractivity contribution in [2.24, 2.45) is 0 Å². The first-order valence-electron chi connectivity index (χ1n) is 4.90. The van der Waals surface area contributed by atoms with Crippen molar-refractivity contribution in [2.75, 3.05) is 5.73 Å². The van der Waals surface area contributed by atoms with Crippen LogP contribution in [0.5, 0.6) is 11.5 Å². The van der Waals surface area contributed by atoms with Gasteiger partial charge < -0.3 is 10.5 Å². The van der Waals surface area contributed by atoms with E-state index in [2.05, 4.69) is 4.98 Å². The van der Waals surface area contributed by atoms with Gasteiger partial charge in [-0.05, 0) is 12.1 Å². The highest BCUT2D eigenvalue weighted by Crippen LogP contribution is 2.33. The molecule has 0 saturated carbocycles. The molecular formula is C11H8FN3O3. The van der Waals surface area contributed by atoms with Crippen molar-refractivity contribution in [1.82, 2.24) is 4.98 Å². The maximum atomic E-state index is 13.5. The van der Waals surface area contributed by atoms with Gasteiger partial charge in [-0.3, -0.25) is 10.1 Å². The first-order chi connectivity index (χ1) is 8.58. The minimum atomic E-state index is -0.820. The van der Waals surface area contributed by atoms with Gasteiger partial charge in [0, 0.05) is 18.3 Å². The number of nitro groups is 1. The van der Waals surface area contributed by atoms with E-state index < -0.39 is 22.2 Å². The zero-order valence-corrected chi connectivity index (χ0v) is 9.04. The van der Waals surface area contributed by atoms with Crippen LogP contribution in [0.2, 0.25) is 0 Å². The Hall–Kier alpha value is -2.70. The fourth-order valence-corrected chi connectivity index (χ4v) is 1.35. The molecule has 0 unspecified atom stereocenters. The summed E-state index contributed by atoms with van der Waals surface area (Å²) in [5.74, 6) is -0.921. The molecule has 18 heavy (non-hydrogen) atoms. The van der Waals surface area contributed by atoms with E-state index >= 15 is 0 Å². The van der Waals surface area contributed by atoms with E-state index in [1.54, 1.807) is 0 Å². The van der Waals surface area contributed by atoms with E-state index in [4.69, 9.17) is 10.5 Å². The third-order valence-corrected chi connectivity index (χ3v) is 2.12. The molecule has 1 aromatic heterocycles. The van der Waals surface area contributed by atoms with Crippen LogP contribution in [0, 0.1) is 15.9 Å². The van der Waals surface area contributed by atoms with Crippen LogP contribution in [-0.2, 0) is 0 Å². The Bertz CT molecular complexity index is 604. The van der Waals surface area contributed by atoms with Crippen molar-refractivity contribution >= 4 is 11.5 Å². The highest BCUT2D eigenvalue weighted by molar-refractivity contribution is 5.50. The van der Waals surface area contributed by atoms with Gasteiger partial charge in [-0.1, -0.05) is 6.07 Å². The van der Waals surface area contributed by atoms with Crippen LogP contribution in [0.15, 0.2) is 36.5 Å². The summed E-state index contributed by atoms with van der Waals surface area (Å²) >= 11 is 0. The fraction of sp³-hybridized carbons (Fsp3) is 0. The number of hydrogen-bond donors (Lipinski definition) is 1. The first-order valence-corrected chi connectivity index (χ1v) is 4.90. The normalized spacial score (nSPS) is 10.1. The van der Waals surface area contributed by atoms with Crippen LogP contribution in [0.3, 0.4) is 0 Å². The molecule has 1 aromatic carbocycles. The summed E-state index contributed by atoms with van der Waals surface area (Å²) in [6.07, 6.45) is 1.36. The number of benzene rings is 1. The first kappa shape index (κ1) is 11.8. The van der Waals surface area contributed by atoms with E-state index in [0.717, 1.165) is 12.1 Å². The Kier molecular flexibility index (Phi) is 3.05. The highest BCUT2D eigenvalue weighted by Gasteiger charge is 2.20. The summed E-state index contributed by atoms with van der Waals surface area (Å²) in [7, 11) is 0. The lowest BCUT2D eigenvalue weighted by Crippen LogP contribution is -1.97. The third-order valence-electron chi connectivity index (χ3n) is 2.12. The smallest absolute Gasteiger partial charge is 0.314 e. The number of nitrogens with two attached hydrogens (primary N) is 1. The Morgan fingerprint density at radius 2 is 2.17 bits per heavy atom. The maximum Gasteiger partial charge on any atom is 0.314 e. The van der Waals surface area contributed by atoms with Crippen molar-refractivity contribution in [2.45, 2.75) is 0 Å². The van der Waals surface area contributed by atoms with Crippen molar-refractivity contribution in [3.8, 4) is 11.5 Å². The molecule has 0 atom stereocenters. The number of nitro benzene ring substituents is 1. The molecular weight excluding hydrogens is 241 g/mol. The molecule has 0 aliphatic carbocycles. The van der Waals surface area contributed by atoms with Crippen LogP contribution in [0.4, 0.5) is 15.9 Å². The molecule has 7 heteroatoms.